The van der Waals surface area contributed by atoms with Gasteiger partial charge in [0.15, 0.2) is 5.13 Å². The number of aromatic nitrogens is 1. The third-order valence-electron chi connectivity index (χ3n) is 4.72. The second-order valence-corrected chi connectivity index (χ2v) is 8.60. The number of rotatable bonds is 5. The third-order valence-corrected chi connectivity index (χ3v) is 6.86. The molecule has 2 aromatic heterocycles. The van der Waals surface area contributed by atoms with Crippen LogP contribution in [0.2, 0.25) is 0 Å². The summed E-state index contributed by atoms with van der Waals surface area (Å²) in [6, 6.07) is 5.84. The summed E-state index contributed by atoms with van der Waals surface area (Å²) >= 11 is 3.23. The smallest absolute Gasteiger partial charge is 0.341 e. The van der Waals surface area contributed by atoms with Gasteiger partial charge in [0.25, 0.3) is 0 Å². The van der Waals surface area contributed by atoms with E-state index < -0.39 is 0 Å². The molecule has 0 bridgehead atoms. The molecule has 2 heterocycles. The minimum absolute atomic E-state index is 0.234. The molecule has 4 rings (SSSR count). The molecule has 1 aliphatic carbocycles. The summed E-state index contributed by atoms with van der Waals surface area (Å²) < 4.78 is 11.7. The van der Waals surface area contributed by atoms with Crippen molar-refractivity contribution in [1.29, 1.82) is 0 Å². The maximum Gasteiger partial charge on any atom is 0.341 e. The molecular weight excluding hydrogens is 380 g/mol. The van der Waals surface area contributed by atoms with Crippen molar-refractivity contribution in [1.82, 2.24) is 4.98 Å². The summed E-state index contributed by atoms with van der Waals surface area (Å²) in [4.78, 5) is 18.6. The predicted molar refractivity (Wildman–Crippen MR) is 111 cm³/mol. The van der Waals surface area contributed by atoms with Gasteiger partial charge in [-0.3, -0.25) is 0 Å². The Labute approximate surface area is 166 Å². The van der Waals surface area contributed by atoms with Crippen molar-refractivity contribution in [3.63, 3.8) is 0 Å². The van der Waals surface area contributed by atoms with Crippen LogP contribution in [0.3, 0.4) is 0 Å². The Hall–Kier alpha value is -2.12. The van der Waals surface area contributed by atoms with Gasteiger partial charge in [-0.05, 0) is 56.4 Å². The van der Waals surface area contributed by atoms with Crippen LogP contribution in [0.4, 0.5) is 10.1 Å². The molecule has 0 saturated heterocycles. The van der Waals surface area contributed by atoms with Gasteiger partial charge < -0.3 is 14.8 Å². The zero-order chi connectivity index (χ0) is 18.8. The Morgan fingerprint density at radius 1 is 1.22 bits per heavy atom. The first-order valence-electron chi connectivity index (χ1n) is 9.23. The fourth-order valence-corrected chi connectivity index (χ4v) is 5.67. The summed E-state index contributed by atoms with van der Waals surface area (Å²) in [6.45, 7) is 2.22. The van der Waals surface area contributed by atoms with Crippen molar-refractivity contribution in [2.45, 2.75) is 39.0 Å². The molecule has 1 aromatic carbocycles. The lowest BCUT2D eigenvalue weighted by molar-refractivity contribution is 0.0527. The van der Waals surface area contributed by atoms with Crippen LogP contribution >= 0.6 is 22.7 Å². The van der Waals surface area contributed by atoms with Crippen molar-refractivity contribution in [3.05, 3.63) is 34.2 Å². The highest BCUT2D eigenvalue weighted by atomic mass is 32.1. The largest absolute Gasteiger partial charge is 0.497 e. The molecule has 142 valence electrons. The molecule has 5 nitrogen and oxygen atoms in total. The number of nitrogens with zero attached hydrogens (tertiary/aromatic N) is 1. The highest BCUT2D eigenvalue weighted by molar-refractivity contribution is 7.23. The maximum atomic E-state index is 12.7. The number of nitrogens with one attached hydrogen (secondary N) is 1. The lowest BCUT2D eigenvalue weighted by Gasteiger charge is -2.07. The quantitative estimate of drug-likeness (QED) is 0.447. The Kier molecular flexibility index (Phi) is 5.31. The minimum Gasteiger partial charge on any atom is -0.497 e. The van der Waals surface area contributed by atoms with Crippen molar-refractivity contribution in [2.75, 3.05) is 19.0 Å². The van der Waals surface area contributed by atoms with Gasteiger partial charge >= 0.3 is 5.97 Å². The number of benzene rings is 1. The molecule has 0 atom stereocenters. The number of thiophene rings is 1. The number of ether oxygens (including phenoxy) is 2. The molecular formula is C20H22N2O3S2. The van der Waals surface area contributed by atoms with E-state index in [-0.39, 0.29) is 5.97 Å². The highest BCUT2D eigenvalue weighted by Gasteiger charge is 2.26. The fraction of sp³-hybridized carbons (Fsp3) is 0.400. The zero-order valence-corrected chi connectivity index (χ0v) is 17.1. The molecule has 7 heteroatoms. The lowest BCUT2D eigenvalue weighted by atomic mass is 10.1. The van der Waals surface area contributed by atoms with Crippen LogP contribution in [0, 0.1) is 0 Å². The van der Waals surface area contributed by atoms with Crippen LogP contribution in [0.25, 0.3) is 10.2 Å². The van der Waals surface area contributed by atoms with E-state index in [1.165, 1.54) is 23.3 Å². The number of hydrogen-bond acceptors (Lipinski definition) is 7. The third kappa shape index (κ3) is 3.66. The van der Waals surface area contributed by atoms with Gasteiger partial charge in [0.2, 0.25) is 0 Å². The van der Waals surface area contributed by atoms with Crippen molar-refractivity contribution in [3.8, 4) is 5.75 Å². The molecule has 1 aliphatic rings. The normalized spacial score (nSPS) is 13.9. The molecule has 27 heavy (non-hydrogen) atoms. The van der Waals surface area contributed by atoms with Crippen LogP contribution < -0.4 is 10.1 Å². The standard InChI is InChI=1S/C20H22N2O3S2/c1-3-25-19(23)17-13-7-5-4-6-8-15(13)26-18(17)22-20-21-14-10-9-12(24-2)11-16(14)27-20/h9-11H,3-8H2,1-2H3,(H,21,22). The van der Waals surface area contributed by atoms with Gasteiger partial charge in [-0.25, -0.2) is 9.78 Å². The molecule has 0 amide bonds. The van der Waals surface area contributed by atoms with Crippen LogP contribution in [-0.2, 0) is 17.6 Å². The monoisotopic (exact) mass is 402 g/mol. The van der Waals surface area contributed by atoms with Crippen LogP contribution in [0.5, 0.6) is 5.75 Å². The second kappa shape index (κ2) is 7.86. The minimum atomic E-state index is -0.234. The van der Waals surface area contributed by atoms with E-state index in [9.17, 15) is 4.79 Å². The molecule has 0 spiro atoms. The number of hydrogen-bond donors (Lipinski definition) is 1. The number of carbonyl (C=O) groups excluding carboxylic acids is 1. The summed E-state index contributed by atoms with van der Waals surface area (Å²) in [7, 11) is 1.66. The van der Waals surface area contributed by atoms with E-state index in [1.54, 1.807) is 29.8 Å². The van der Waals surface area contributed by atoms with E-state index in [4.69, 9.17) is 9.47 Å². The Morgan fingerprint density at radius 3 is 2.89 bits per heavy atom. The van der Waals surface area contributed by atoms with Gasteiger partial charge in [-0.2, -0.15) is 0 Å². The first-order valence-corrected chi connectivity index (χ1v) is 10.9. The zero-order valence-electron chi connectivity index (χ0n) is 15.5. The average Bonchev–Trinajstić information content (AvgIpc) is 3.13. The number of thiazole rings is 1. The van der Waals surface area contributed by atoms with Crippen LogP contribution in [0.1, 0.15) is 47.0 Å². The summed E-state index contributed by atoms with van der Waals surface area (Å²) in [5, 5.41) is 5.03. The van der Waals surface area contributed by atoms with E-state index >= 15 is 0 Å². The highest BCUT2D eigenvalue weighted by Crippen LogP contribution is 2.40. The number of anilines is 2. The SMILES string of the molecule is CCOC(=O)c1c(Nc2nc3ccc(OC)cc3s2)sc2c1CCCCC2. The van der Waals surface area contributed by atoms with Gasteiger partial charge in [0.1, 0.15) is 10.8 Å². The summed E-state index contributed by atoms with van der Waals surface area (Å²) in [5.74, 6) is 0.579. The van der Waals surface area contributed by atoms with Gasteiger partial charge in [-0.1, -0.05) is 17.8 Å². The predicted octanol–water partition coefficient (Wildman–Crippen LogP) is 5.56. The number of carbonyl (C=O) groups is 1. The second-order valence-electron chi connectivity index (χ2n) is 6.47. The van der Waals surface area contributed by atoms with Crippen molar-refractivity contribution < 1.29 is 14.3 Å². The number of methoxy groups -OCH3 is 1. The first kappa shape index (κ1) is 18.3. The first-order chi connectivity index (χ1) is 13.2. The molecule has 0 saturated carbocycles. The Bertz CT molecular complexity index is 977. The summed E-state index contributed by atoms with van der Waals surface area (Å²) in [5.41, 5.74) is 2.79. The molecule has 0 radical (unpaired) electrons. The molecule has 0 fully saturated rings. The number of aryl methyl sites for hydroxylation is 1. The van der Waals surface area contributed by atoms with E-state index in [0.717, 1.165) is 45.4 Å². The van der Waals surface area contributed by atoms with Crippen molar-refractivity contribution >= 4 is 49.0 Å². The fourth-order valence-electron chi connectivity index (χ4n) is 3.43. The van der Waals surface area contributed by atoms with E-state index in [0.29, 0.717) is 12.2 Å². The average molecular weight is 403 g/mol. The van der Waals surface area contributed by atoms with Crippen LogP contribution in [-0.4, -0.2) is 24.7 Å². The number of esters is 1. The van der Waals surface area contributed by atoms with E-state index in [1.807, 2.05) is 25.1 Å². The molecule has 1 N–H and O–H groups in total. The molecule has 3 aromatic rings. The van der Waals surface area contributed by atoms with Gasteiger partial charge in [0.05, 0.1) is 29.5 Å². The topological polar surface area (TPSA) is 60.5 Å². The van der Waals surface area contributed by atoms with Gasteiger partial charge in [0, 0.05) is 4.88 Å². The van der Waals surface area contributed by atoms with Crippen molar-refractivity contribution in [2.24, 2.45) is 0 Å². The van der Waals surface area contributed by atoms with Gasteiger partial charge in [-0.15, -0.1) is 11.3 Å². The summed E-state index contributed by atoms with van der Waals surface area (Å²) in [6.07, 6.45) is 5.49. The number of fused-ring (bicyclic) bond motifs is 2. The van der Waals surface area contributed by atoms with Crippen LogP contribution in [0.15, 0.2) is 18.2 Å². The Balaban J connectivity index is 1.71. The van der Waals surface area contributed by atoms with E-state index in [2.05, 4.69) is 10.3 Å². The molecule has 0 aliphatic heterocycles. The Morgan fingerprint density at radius 2 is 2.07 bits per heavy atom. The molecule has 0 unspecified atom stereocenters. The maximum absolute atomic E-state index is 12.7. The lowest BCUT2D eigenvalue weighted by Crippen LogP contribution is -2.09.